The van der Waals surface area contributed by atoms with Crippen LogP contribution in [0.5, 0.6) is 0 Å². The lowest BCUT2D eigenvalue weighted by atomic mass is 10.2. The summed E-state index contributed by atoms with van der Waals surface area (Å²) in [5, 5.41) is 1.28. The molecule has 0 saturated carbocycles. The van der Waals surface area contributed by atoms with Crippen LogP contribution in [0.1, 0.15) is 27.7 Å². The molecule has 0 aromatic heterocycles. The van der Waals surface area contributed by atoms with Crippen LogP contribution in [-0.4, -0.2) is 23.8 Å². The Balaban J connectivity index is 4.23. The van der Waals surface area contributed by atoms with Gasteiger partial charge in [0.1, 0.15) is 5.60 Å². The van der Waals surface area contributed by atoms with Crippen molar-refractivity contribution in [2.75, 3.05) is 7.05 Å². The summed E-state index contributed by atoms with van der Waals surface area (Å²) in [5.74, 6) is 0. The van der Waals surface area contributed by atoms with Gasteiger partial charge in [-0.05, 0) is 27.7 Å². The van der Waals surface area contributed by atoms with E-state index in [1.165, 1.54) is 5.01 Å². The molecule has 0 atom stereocenters. The van der Waals surface area contributed by atoms with E-state index < -0.39 is 11.7 Å². The van der Waals surface area contributed by atoms with E-state index in [9.17, 15) is 4.79 Å². The molecule has 4 heteroatoms. The van der Waals surface area contributed by atoms with Gasteiger partial charge in [0.05, 0.1) is 0 Å². The van der Waals surface area contributed by atoms with Gasteiger partial charge in [-0.3, -0.25) is 0 Å². The van der Waals surface area contributed by atoms with E-state index in [0.717, 1.165) is 0 Å². The zero-order chi connectivity index (χ0) is 10.5. The number of hydrogen-bond donors (Lipinski definition) is 1. The van der Waals surface area contributed by atoms with Gasteiger partial charge in [0, 0.05) is 13.2 Å². The summed E-state index contributed by atoms with van der Waals surface area (Å²) >= 11 is 0. The average molecular weight is 186 g/mol. The normalized spacial score (nSPS) is 11.8. The summed E-state index contributed by atoms with van der Waals surface area (Å²) in [7, 11) is 1.66. The molecule has 0 aliphatic heterocycles. The van der Waals surface area contributed by atoms with Gasteiger partial charge in [-0.1, -0.05) is 6.08 Å². The van der Waals surface area contributed by atoms with Crippen LogP contribution in [0.25, 0.3) is 0 Å². The van der Waals surface area contributed by atoms with Crippen LogP contribution >= 0.6 is 0 Å². The van der Waals surface area contributed by atoms with Crippen molar-refractivity contribution < 1.29 is 9.53 Å². The number of carbonyl (C=O) groups is 1. The molecule has 0 heterocycles. The maximum atomic E-state index is 11.4. The third-order valence-electron chi connectivity index (χ3n) is 1.13. The Morgan fingerprint density at radius 1 is 1.46 bits per heavy atom. The van der Waals surface area contributed by atoms with Crippen LogP contribution in [0.4, 0.5) is 4.79 Å². The number of hydrazine groups is 1. The fourth-order valence-electron chi connectivity index (χ4n) is 0.687. The topological polar surface area (TPSA) is 41.6 Å². The zero-order valence-electron chi connectivity index (χ0n) is 8.92. The summed E-state index contributed by atoms with van der Waals surface area (Å²) in [6, 6.07) is 0. The molecule has 0 spiro atoms. The molecule has 0 aliphatic rings. The second-order valence-corrected chi connectivity index (χ2v) is 3.56. The van der Waals surface area contributed by atoms with E-state index in [-0.39, 0.29) is 0 Å². The number of hydrogen-bond acceptors (Lipinski definition) is 3. The maximum absolute atomic E-state index is 11.4. The quantitative estimate of drug-likeness (QED) is 0.669. The second-order valence-electron chi connectivity index (χ2n) is 3.56. The summed E-state index contributed by atoms with van der Waals surface area (Å²) < 4.78 is 5.12. The fraction of sp³-hybridized carbons (Fsp3) is 0.667. The molecule has 0 aliphatic carbocycles. The molecule has 0 unspecified atom stereocenters. The molecule has 76 valence electrons. The first kappa shape index (κ1) is 12.0. The van der Waals surface area contributed by atoms with E-state index >= 15 is 0 Å². The molecule has 4 nitrogen and oxygen atoms in total. The van der Waals surface area contributed by atoms with Gasteiger partial charge in [0.2, 0.25) is 0 Å². The van der Waals surface area contributed by atoms with Crippen LogP contribution < -0.4 is 5.43 Å². The largest absolute Gasteiger partial charge is 0.442 e. The van der Waals surface area contributed by atoms with Gasteiger partial charge in [0.25, 0.3) is 0 Å². The van der Waals surface area contributed by atoms with Crippen LogP contribution in [0.2, 0.25) is 0 Å². The third kappa shape index (κ3) is 5.25. The van der Waals surface area contributed by atoms with Crippen molar-refractivity contribution in [1.82, 2.24) is 10.4 Å². The number of rotatable bonds is 2. The smallest absolute Gasteiger partial charge is 0.428 e. The Morgan fingerprint density at radius 2 is 2.00 bits per heavy atom. The van der Waals surface area contributed by atoms with Crippen molar-refractivity contribution in [1.29, 1.82) is 0 Å². The Hall–Kier alpha value is -1.03. The highest BCUT2D eigenvalue weighted by Gasteiger charge is 2.19. The van der Waals surface area contributed by atoms with Crippen LogP contribution in [0, 0.1) is 0 Å². The molecule has 1 amide bonds. The van der Waals surface area contributed by atoms with Gasteiger partial charge in [-0.15, -0.1) is 0 Å². The second kappa shape index (κ2) is 4.87. The lowest BCUT2D eigenvalue weighted by molar-refractivity contribution is 0.0269. The molecule has 0 rings (SSSR count). The Labute approximate surface area is 79.5 Å². The number of nitrogens with one attached hydrogen (secondary N) is 1. The molecule has 0 fully saturated rings. The van der Waals surface area contributed by atoms with Crippen LogP contribution in [0.15, 0.2) is 12.3 Å². The molecule has 0 radical (unpaired) electrons. The molecule has 0 aromatic rings. The Bertz CT molecular complexity index is 194. The first-order valence-electron chi connectivity index (χ1n) is 4.23. The van der Waals surface area contributed by atoms with Crippen molar-refractivity contribution >= 4 is 6.09 Å². The maximum Gasteiger partial charge on any atom is 0.428 e. The van der Waals surface area contributed by atoms with Crippen molar-refractivity contribution in [2.24, 2.45) is 0 Å². The summed E-state index contributed by atoms with van der Waals surface area (Å²) in [6.07, 6.45) is 2.95. The summed E-state index contributed by atoms with van der Waals surface area (Å²) in [4.78, 5) is 11.4. The van der Waals surface area contributed by atoms with Crippen molar-refractivity contribution in [3.05, 3.63) is 12.3 Å². The van der Waals surface area contributed by atoms with Crippen molar-refractivity contribution in [3.63, 3.8) is 0 Å². The van der Waals surface area contributed by atoms with Crippen molar-refractivity contribution in [3.8, 4) is 0 Å². The molecule has 0 bridgehead atoms. The van der Waals surface area contributed by atoms with Gasteiger partial charge in [0.15, 0.2) is 0 Å². The number of allylic oxidation sites excluding steroid dienone is 1. The van der Waals surface area contributed by atoms with E-state index in [1.54, 1.807) is 19.3 Å². The highest BCUT2D eigenvalue weighted by molar-refractivity contribution is 5.68. The monoisotopic (exact) mass is 186 g/mol. The minimum Gasteiger partial charge on any atom is -0.442 e. The van der Waals surface area contributed by atoms with Crippen LogP contribution in [0.3, 0.4) is 0 Å². The molecule has 13 heavy (non-hydrogen) atoms. The third-order valence-corrected chi connectivity index (χ3v) is 1.13. The predicted octanol–water partition coefficient (Wildman–Crippen LogP) is 1.89. The molecular weight excluding hydrogens is 168 g/mol. The first-order valence-corrected chi connectivity index (χ1v) is 4.23. The highest BCUT2D eigenvalue weighted by Crippen LogP contribution is 2.08. The van der Waals surface area contributed by atoms with Gasteiger partial charge in [-0.25, -0.2) is 15.2 Å². The molecule has 0 aromatic carbocycles. The SMILES string of the molecule is C/C=C\N(NC)C(=O)OC(C)(C)C. The van der Waals surface area contributed by atoms with E-state index in [1.807, 2.05) is 27.7 Å². The molecule has 1 N–H and O–H groups in total. The van der Waals surface area contributed by atoms with Crippen molar-refractivity contribution in [2.45, 2.75) is 33.3 Å². The minimum atomic E-state index is -0.465. The zero-order valence-corrected chi connectivity index (χ0v) is 8.92. The number of nitrogens with zero attached hydrogens (tertiary/aromatic N) is 1. The summed E-state index contributed by atoms with van der Waals surface area (Å²) in [6.45, 7) is 7.31. The predicted molar refractivity (Wildman–Crippen MR) is 51.9 cm³/mol. The molecule has 0 saturated heterocycles. The lowest BCUT2D eigenvalue weighted by Crippen LogP contribution is -2.40. The Kier molecular flexibility index (Phi) is 4.48. The van der Waals surface area contributed by atoms with Gasteiger partial charge >= 0.3 is 6.09 Å². The van der Waals surface area contributed by atoms with Gasteiger partial charge < -0.3 is 4.74 Å². The standard InChI is InChI=1S/C9H18N2O2/c1-6-7-11(10-5)8(12)13-9(2,3)4/h6-7,10H,1-5H3/b7-6-. The number of amides is 1. The van der Waals surface area contributed by atoms with Crippen LogP contribution in [-0.2, 0) is 4.74 Å². The van der Waals surface area contributed by atoms with E-state index in [0.29, 0.717) is 0 Å². The Morgan fingerprint density at radius 3 is 2.31 bits per heavy atom. The number of carbonyl (C=O) groups excluding carboxylic acids is 1. The minimum absolute atomic E-state index is 0.409. The lowest BCUT2D eigenvalue weighted by Gasteiger charge is -2.24. The fourth-order valence-corrected chi connectivity index (χ4v) is 0.687. The summed E-state index contributed by atoms with van der Waals surface area (Å²) in [5.41, 5.74) is 2.23. The molecular formula is C9H18N2O2. The van der Waals surface area contributed by atoms with Gasteiger partial charge in [-0.2, -0.15) is 0 Å². The average Bonchev–Trinajstić information content (AvgIpc) is 1.96. The van der Waals surface area contributed by atoms with E-state index in [4.69, 9.17) is 4.74 Å². The first-order chi connectivity index (χ1) is 5.90. The number of ether oxygens (including phenoxy) is 1. The highest BCUT2D eigenvalue weighted by atomic mass is 16.6. The van der Waals surface area contributed by atoms with E-state index in [2.05, 4.69) is 5.43 Å².